The average molecular weight is 318 g/mol. The zero-order valence-corrected chi connectivity index (χ0v) is 12.9. The molecule has 2 N–H and O–H groups in total. The largest absolute Gasteiger partial charge is 0.323 e. The molecule has 1 aromatic heterocycles. The Bertz CT molecular complexity index is 806. The number of benzene rings is 1. The highest BCUT2D eigenvalue weighted by molar-refractivity contribution is 7.86. The third kappa shape index (κ3) is 2.08. The summed E-state index contributed by atoms with van der Waals surface area (Å²) in [5, 5.41) is 5.23. The molecule has 7 heteroatoms. The van der Waals surface area contributed by atoms with Gasteiger partial charge in [-0.3, -0.25) is 0 Å². The second kappa shape index (κ2) is 4.91. The fraction of sp³-hybridized carbons (Fsp3) is 0.400. The number of nitrogens with two attached hydrogens (primary N) is 1. The summed E-state index contributed by atoms with van der Waals surface area (Å²) < 4.78 is 26.5. The van der Waals surface area contributed by atoms with E-state index in [1.807, 2.05) is 18.6 Å². The van der Waals surface area contributed by atoms with Crippen molar-refractivity contribution >= 4 is 10.2 Å². The van der Waals surface area contributed by atoms with Crippen LogP contribution in [0.2, 0.25) is 0 Å². The van der Waals surface area contributed by atoms with Gasteiger partial charge in [-0.15, -0.1) is 0 Å². The summed E-state index contributed by atoms with van der Waals surface area (Å²) in [5.74, 6) is 0.398. The van der Waals surface area contributed by atoms with E-state index >= 15 is 0 Å². The monoisotopic (exact) mass is 318 g/mol. The van der Waals surface area contributed by atoms with E-state index in [0.29, 0.717) is 19.0 Å². The van der Waals surface area contributed by atoms with Crippen LogP contribution in [0.4, 0.5) is 0 Å². The molecule has 0 amide bonds. The molecule has 0 bridgehead atoms. The van der Waals surface area contributed by atoms with Gasteiger partial charge < -0.3 is 4.57 Å². The number of hydrogen-bond acceptors (Lipinski definition) is 3. The SMILES string of the molecule is NS(=O)(=O)N1CCC(C2c3ccccc3-c3cncn32)CC1. The lowest BCUT2D eigenvalue weighted by Gasteiger charge is -2.34. The second-order valence-corrected chi connectivity index (χ2v) is 7.55. The lowest BCUT2D eigenvalue weighted by Crippen LogP contribution is -2.43. The number of nitrogens with zero attached hydrogens (tertiary/aromatic N) is 3. The smallest absolute Gasteiger partial charge is 0.276 e. The molecule has 1 unspecified atom stereocenters. The fourth-order valence-corrected chi connectivity index (χ4v) is 4.52. The van der Waals surface area contributed by atoms with Gasteiger partial charge in [0.15, 0.2) is 0 Å². The molecule has 2 aliphatic rings. The van der Waals surface area contributed by atoms with E-state index < -0.39 is 10.2 Å². The van der Waals surface area contributed by atoms with Gasteiger partial charge in [0.05, 0.1) is 24.3 Å². The van der Waals surface area contributed by atoms with Crippen LogP contribution in [0.3, 0.4) is 0 Å². The number of rotatable bonds is 2. The first-order valence-electron chi connectivity index (χ1n) is 7.44. The van der Waals surface area contributed by atoms with Gasteiger partial charge >= 0.3 is 0 Å². The first-order valence-corrected chi connectivity index (χ1v) is 8.95. The predicted octanol–water partition coefficient (Wildman–Crippen LogP) is 1.37. The van der Waals surface area contributed by atoms with Crippen LogP contribution >= 0.6 is 0 Å². The highest BCUT2D eigenvalue weighted by Crippen LogP contribution is 2.45. The molecule has 1 fully saturated rings. The highest BCUT2D eigenvalue weighted by Gasteiger charge is 2.37. The normalized spacial score (nSPS) is 22.5. The van der Waals surface area contributed by atoms with E-state index in [2.05, 4.69) is 27.8 Å². The van der Waals surface area contributed by atoms with Crippen molar-refractivity contribution in [2.24, 2.45) is 11.1 Å². The van der Waals surface area contributed by atoms with Crippen LogP contribution in [-0.4, -0.2) is 35.4 Å². The van der Waals surface area contributed by atoms with E-state index in [0.717, 1.165) is 18.5 Å². The lowest BCUT2D eigenvalue weighted by atomic mass is 9.86. The summed E-state index contributed by atoms with van der Waals surface area (Å²) in [4.78, 5) is 4.28. The van der Waals surface area contributed by atoms with Gasteiger partial charge in [0.2, 0.25) is 0 Å². The van der Waals surface area contributed by atoms with Gasteiger partial charge in [-0.05, 0) is 24.3 Å². The molecule has 6 nitrogen and oxygen atoms in total. The standard InChI is InChI=1S/C15H18N4O2S/c16-22(20,21)18-7-5-11(6-8-18)15-13-4-2-1-3-12(13)14-9-17-10-19(14)15/h1-4,9-11,15H,5-8H2,(H2,16,20,21). The third-order valence-electron chi connectivity index (χ3n) is 4.83. The average Bonchev–Trinajstić information content (AvgIpc) is 3.07. The Balaban J connectivity index is 1.65. The van der Waals surface area contributed by atoms with Gasteiger partial charge in [0, 0.05) is 18.7 Å². The van der Waals surface area contributed by atoms with Crippen LogP contribution < -0.4 is 5.14 Å². The summed E-state index contributed by atoms with van der Waals surface area (Å²) in [5.41, 5.74) is 3.70. The number of imidazole rings is 1. The first kappa shape index (κ1) is 13.9. The Hall–Kier alpha value is -1.70. The molecule has 0 saturated carbocycles. The predicted molar refractivity (Wildman–Crippen MR) is 83.2 cm³/mol. The molecule has 1 atom stereocenters. The quantitative estimate of drug-likeness (QED) is 0.908. The summed E-state index contributed by atoms with van der Waals surface area (Å²) in [6.45, 7) is 0.985. The molecule has 4 rings (SSSR count). The number of fused-ring (bicyclic) bond motifs is 3. The van der Waals surface area contributed by atoms with Gasteiger partial charge in [-0.25, -0.2) is 10.1 Å². The second-order valence-electron chi connectivity index (χ2n) is 6.00. The molecule has 2 aromatic rings. The first-order chi connectivity index (χ1) is 10.6. The molecule has 0 radical (unpaired) electrons. The maximum Gasteiger partial charge on any atom is 0.276 e. The molecular formula is C15H18N4O2S. The minimum atomic E-state index is -3.57. The number of piperidine rings is 1. The molecule has 1 aromatic carbocycles. The van der Waals surface area contributed by atoms with Gasteiger partial charge in [-0.1, -0.05) is 24.3 Å². The lowest BCUT2D eigenvalue weighted by molar-refractivity contribution is 0.232. The van der Waals surface area contributed by atoms with Crippen LogP contribution in [0.25, 0.3) is 11.3 Å². The summed E-state index contributed by atoms with van der Waals surface area (Å²) in [6.07, 6.45) is 5.41. The van der Waals surface area contributed by atoms with E-state index in [4.69, 9.17) is 5.14 Å². The third-order valence-corrected chi connectivity index (χ3v) is 5.91. The Kier molecular flexibility index (Phi) is 3.11. The Morgan fingerprint density at radius 2 is 1.91 bits per heavy atom. The van der Waals surface area contributed by atoms with Crippen molar-refractivity contribution in [3.63, 3.8) is 0 Å². The summed E-state index contributed by atoms with van der Waals surface area (Å²) >= 11 is 0. The van der Waals surface area contributed by atoms with Crippen LogP contribution in [0.15, 0.2) is 36.8 Å². The van der Waals surface area contributed by atoms with Crippen molar-refractivity contribution in [1.29, 1.82) is 0 Å². The van der Waals surface area contributed by atoms with Crippen LogP contribution in [0, 0.1) is 5.92 Å². The van der Waals surface area contributed by atoms with Crippen molar-refractivity contribution in [2.45, 2.75) is 18.9 Å². The summed E-state index contributed by atoms with van der Waals surface area (Å²) in [7, 11) is -3.57. The zero-order chi connectivity index (χ0) is 15.3. The zero-order valence-electron chi connectivity index (χ0n) is 12.1. The molecule has 0 spiro atoms. The van der Waals surface area contributed by atoms with Crippen LogP contribution in [0.5, 0.6) is 0 Å². The minimum absolute atomic E-state index is 0.247. The van der Waals surface area contributed by atoms with E-state index in [1.54, 1.807) is 0 Å². The van der Waals surface area contributed by atoms with Crippen molar-refractivity contribution in [2.75, 3.05) is 13.1 Å². The van der Waals surface area contributed by atoms with Crippen LogP contribution in [-0.2, 0) is 10.2 Å². The fourth-order valence-electron chi connectivity index (χ4n) is 3.80. The maximum atomic E-state index is 11.5. The van der Waals surface area contributed by atoms with Crippen molar-refractivity contribution in [3.8, 4) is 11.3 Å². The van der Waals surface area contributed by atoms with Crippen molar-refractivity contribution in [1.82, 2.24) is 13.9 Å². The van der Waals surface area contributed by atoms with Crippen molar-refractivity contribution in [3.05, 3.63) is 42.4 Å². The summed E-state index contributed by atoms with van der Waals surface area (Å²) in [6, 6.07) is 8.64. The topological polar surface area (TPSA) is 81.2 Å². The van der Waals surface area contributed by atoms with Gasteiger partial charge in [0.1, 0.15) is 0 Å². The molecule has 1 saturated heterocycles. The molecule has 116 valence electrons. The van der Waals surface area contributed by atoms with Gasteiger partial charge in [0.25, 0.3) is 10.2 Å². The molecule has 22 heavy (non-hydrogen) atoms. The molecule has 2 aliphatic heterocycles. The van der Waals surface area contributed by atoms with Crippen molar-refractivity contribution < 1.29 is 8.42 Å². The molecule has 3 heterocycles. The Morgan fingerprint density at radius 1 is 1.18 bits per heavy atom. The Labute approximate surface area is 129 Å². The maximum absolute atomic E-state index is 11.5. The highest BCUT2D eigenvalue weighted by atomic mass is 32.2. The Morgan fingerprint density at radius 3 is 2.64 bits per heavy atom. The van der Waals surface area contributed by atoms with Crippen LogP contribution in [0.1, 0.15) is 24.4 Å². The van der Waals surface area contributed by atoms with E-state index in [-0.39, 0.29) is 6.04 Å². The van der Waals surface area contributed by atoms with Gasteiger partial charge in [-0.2, -0.15) is 12.7 Å². The number of aromatic nitrogens is 2. The van der Waals surface area contributed by atoms with E-state index in [1.165, 1.54) is 15.4 Å². The molecular weight excluding hydrogens is 300 g/mol. The molecule has 0 aliphatic carbocycles. The minimum Gasteiger partial charge on any atom is -0.323 e. The van der Waals surface area contributed by atoms with E-state index in [9.17, 15) is 8.42 Å². The number of hydrogen-bond donors (Lipinski definition) is 1.